The molecule has 3 rings (SSSR count). The van der Waals surface area contributed by atoms with Crippen LogP contribution in [0.5, 0.6) is 5.75 Å². The molecule has 0 N–H and O–H groups in total. The van der Waals surface area contributed by atoms with Crippen molar-refractivity contribution in [2.45, 2.75) is 26.4 Å². The molecule has 0 amide bonds. The molecule has 0 spiro atoms. The van der Waals surface area contributed by atoms with Gasteiger partial charge in [-0.15, -0.1) is 0 Å². The zero-order valence-electron chi connectivity index (χ0n) is 15.4. The Morgan fingerprint density at radius 1 is 1.32 bits per heavy atom. The highest BCUT2D eigenvalue weighted by Crippen LogP contribution is 2.50. The number of hydrogen-bond acceptors (Lipinski definition) is 7. The van der Waals surface area contributed by atoms with Crippen LogP contribution in [0.1, 0.15) is 30.6 Å². The predicted octanol–water partition coefficient (Wildman–Crippen LogP) is 2.87. The number of ketones is 1. The van der Waals surface area contributed by atoms with E-state index < -0.39 is 35.2 Å². The van der Waals surface area contributed by atoms with Gasteiger partial charge in [0, 0.05) is 17.0 Å². The van der Waals surface area contributed by atoms with Gasteiger partial charge >= 0.3 is 11.9 Å². The monoisotopic (exact) mass is 403 g/mol. The Morgan fingerprint density at radius 3 is 2.68 bits per heavy atom. The van der Waals surface area contributed by atoms with Crippen molar-refractivity contribution < 1.29 is 28.6 Å². The van der Waals surface area contributed by atoms with E-state index in [2.05, 4.69) is 0 Å². The van der Waals surface area contributed by atoms with Crippen LogP contribution in [0.25, 0.3) is 0 Å². The van der Waals surface area contributed by atoms with Gasteiger partial charge in [-0.1, -0.05) is 17.7 Å². The van der Waals surface area contributed by atoms with Crippen LogP contribution in [0.2, 0.25) is 5.02 Å². The molecule has 0 saturated carbocycles. The molecule has 0 saturated heterocycles. The first kappa shape index (κ1) is 19.9. The van der Waals surface area contributed by atoms with Gasteiger partial charge in [0.2, 0.25) is 0 Å². The van der Waals surface area contributed by atoms with Crippen LogP contribution in [0, 0.1) is 22.7 Å². The second-order valence-corrected chi connectivity index (χ2v) is 6.79. The Bertz CT molecular complexity index is 918. The van der Waals surface area contributed by atoms with Crippen molar-refractivity contribution >= 4 is 29.3 Å². The average molecular weight is 404 g/mol. The van der Waals surface area contributed by atoms with Crippen LogP contribution >= 0.6 is 11.6 Å². The van der Waals surface area contributed by atoms with Crippen LogP contribution in [0.15, 0.2) is 29.8 Å². The summed E-state index contributed by atoms with van der Waals surface area (Å²) >= 11 is 6.01. The van der Waals surface area contributed by atoms with Crippen molar-refractivity contribution in [1.82, 2.24) is 0 Å². The van der Waals surface area contributed by atoms with Crippen molar-refractivity contribution in [2.24, 2.45) is 11.3 Å². The molecule has 1 heterocycles. The fourth-order valence-corrected chi connectivity index (χ4v) is 3.86. The number of hydrogen-bond donors (Lipinski definition) is 0. The van der Waals surface area contributed by atoms with Gasteiger partial charge in [-0.05, 0) is 32.0 Å². The number of benzene rings is 1. The molecule has 0 unspecified atom stereocenters. The molecule has 0 fully saturated rings. The van der Waals surface area contributed by atoms with Crippen LogP contribution in [-0.2, 0) is 19.1 Å². The minimum absolute atomic E-state index is 0.0229. The first-order valence-electron chi connectivity index (χ1n) is 8.86. The molecule has 0 radical (unpaired) electrons. The van der Waals surface area contributed by atoms with Gasteiger partial charge < -0.3 is 14.2 Å². The SMILES string of the molecule is CCOC(=O)C1=CC[C@@H]2Oc3ccc(Cl)cc3C(=O)[C@]2(C#N)[C@@H]1C(=O)OCC. The largest absolute Gasteiger partial charge is 0.487 e. The lowest BCUT2D eigenvalue weighted by Gasteiger charge is -2.44. The molecular formula is C20H18ClNO6. The Kier molecular flexibility index (Phi) is 5.43. The summed E-state index contributed by atoms with van der Waals surface area (Å²) in [5, 5.41) is 10.4. The number of carbonyl (C=O) groups is 3. The van der Waals surface area contributed by atoms with Crippen LogP contribution in [0.4, 0.5) is 0 Å². The summed E-state index contributed by atoms with van der Waals surface area (Å²) in [4.78, 5) is 38.7. The number of rotatable bonds is 4. The molecule has 0 bridgehead atoms. The second kappa shape index (κ2) is 7.64. The lowest BCUT2D eigenvalue weighted by atomic mass is 9.60. The number of fused-ring (bicyclic) bond motifs is 2. The summed E-state index contributed by atoms with van der Waals surface area (Å²) in [7, 11) is 0. The Hall–Kier alpha value is -2.85. The number of carbonyl (C=O) groups excluding carboxylic acids is 3. The summed E-state index contributed by atoms with van der Waals surface area (Å²) in [5.74, 6) is -3.43. The number of ether oxygens (including phenoxy) is 3. The standard InChI is InChI=1S/C20H18ClNO6/c1-3-26-18(24)12-6-8-15-20(10-22,16(12)19(25)27-4-2)17(23)13-9-11(21)5-7-14(13)28-15/h5-7,9,15-16H,3-4,8H2,1-2H3/t15-,16-,20-/m0/s1. The van der Waals surface area contributed by atoms with Crippen LogP contribution in [-0.4, -0.2) is 37.0 Å². The van der Waals surface area contributed by atoms with E-state index in [1.807, 2.05) is 6.07 Å². The number of halogens is 1. The van der Waals surface area contributed by atoms with Crippen molar-refractivity contribution in [1.29, 1.82) is 5.26 Å². The number of Topliss-reactive ketones (excluding diaryl/α,β-unsaturated/α-hetero) is 1. The third-order valence-electron chi connectivity index (χ3n) is 4.88. The molecule has 3 atom stereocenters. The summed E-state index contributed by atoms with van der Waals surface area (Å²) in [5.41, 5.74) is -1.94. The summed E-state index contributed by atoms with van der Waals surface area (Å²) in [6, 6.07) is 6.48. The first-order chi connectivity index (χ1) is 13.4. The molecule has 1 aromatic rings. The van der Waals surface area contributed by atoms with E-state index in [1.165, 1.54) is 12.1 Å². The van der Waals surface area contributed by atoms with E-state index >= 15 is 0 Å². The molecule has 7 nitrogen and oxygen atoms in total. The number of esters is 2. The maximum absolute atomic E-state index is 13.5. The minimum atomic E-state index is -1.96. The van der Waals surface area contributed by atoms with Crippen molar-refractivity contribution in [2.75, 3.05) is 13.2 Å². The predicted molar refractivity (Wildman–Crippen MR) is 97.7 cm³/mol. The molecule has 0 aromatic heterocycles. The maximum atomic E-state index is 13.5. The third kappa shape index (κ3) is 2.94. The quantitative estimate of drug-likeness (QED) is 0.712. The van der Waals surface area contributed by atoms with E-state index in [1.54, 1.807) is 26.0 Å². The third-order valence-corrected chi connectivity index (χ3v) is 5.11. The second-order valence-electron chi connectivity index (χ2n) is 6.36. The van der Waals surface area contributed by atoms with Gasteiger partial charge in [-0.25, -0.2) is 4.79 Å². The van der Waals surface area contributed by atoms with E-state index in [9.17, 15) is 19.6 Å². The van der Waals surface area contributed by atoms with Gasteiger partial charge in [0.25, 0.3) is 0 Å². The molecule has 8 heteroatoms. The normalized spacial score (nSPS) is 25.4. The van der Waals surface area contributed by atoms with E-state index in [0.717, 1.165) is 0 Å². The van der Waals surface area contributed by atoms with Gasteiger partial charge in [0.1, 0.15) is 17.8 Å². The zero-order valence-corrected chi connectivity index (χ0v) is 16.1. The van der Waals surface area contributed by atoms with Crippen molar-refractivity contribution in [3.8, 4) is 11.8 Å². The maximum Gasteiger partial charge on any atom is 0.334 e. The molecule has 2 aliphatic rings. The number of nitrogens with zero attached hydrogens (tertiary/aromatic N) is 1. The zero-order chi connectivity index (χ0) is 20.5. The van der Waals surface area contributed by atoms with Crippen molar-refractivity contribution in [3.05, 3.63) is 40.4 Å². The van der Waals surface area contributed by atoms with Gasteiger partial charge in [0.15, 0.2) is 11.2 Å². The molecular weight excluding hydrogens is 386 g/mol. The highest BCUT2D eigenvalue weighted by Gasteiger charge is 2.63. The fourth-order valence-electron chi connectivity index (χ4n) is 3.69. The van der Waals surface area contributed by atoms with E-state index in [-0.39, 0.29) is 41.5 Å². The van der Waals surface area contributed by atoms with Gasteiger partial charge in [-0.3, -0.25) is 9.59 Å². The first-order valence-corrected chi connectivity index (χ1v) is 9.24. The molecule has 28 heavy (non-hydrogen) atoms. The highest BCUT2D eigenvalue weighted by atomic mass is 35.5. The fraction of sp³-hybridized carbons (Fsp3) is 0.400. The van der Waals surface area contributed by atoms with Crippen LogP contribution < -0.4 is 4.74 Å². The smallest absolute Gasteiger partial charge is 0.334 e. The number of nitriles is 1. The van der Waals surface area contributed by atoms with Crippen LogP contribution in [0.3, 0.4) is 0 Å². The molecule has 1 aromatic carbocycles. The lowest BCUT2D eigenvalue weighted by Crippen LogP contribution is -2.58. The van der Waals surface area contributed by atoms with E-state index in [0.29, 0.717) is 0 Å². The highest BCUT2D eigenvalue weighted by molar-refractivity contribution is 6.31. The molecule has 146 valence electrons. The molecule has 1 aliphatic heterocycles. The lowest BCUT2D eigenvalue weighted by molar-refractivity contribution is -0.155. The Morgan fingerprint density at radius 2 is 2.04 bits per heavy atom. The summed E-state index contributed by atoms with van der Waals surface area (Å²) in [6.45, 7) is 3.32. The minimum Gasteiger partial charge on any atom is -0.487 e. The summed E-state index contributed by atoms with van der Waals surface area (Å²) in [6.07, 6.45) is 0.616. The van der Waals surface area contributed by atoms with E-state index in [4.69, 9.17) is 25.8 Å². The van der Waals surface area contributed by atoms with Gasteiger partial charge in [-0.2, -0.15) is 5.26 Å². The summed E-state index contributed by atoms with van der Waals surface area (Å²) < 4.78 is 16.0. The van der Waals surface area contributed by atoms with Crippen molar-refractivity contribution in [3.63, 3.8) is 0 Å². The average Bonchev–Trinajstić information content (AvgIpc) is 2.68. The Balaban J connectivity index is 2.20. The molecule has 1 aliphatic carbocycles. The Labute approximate surface area is 166 Å². The van der Waals surface area contributed by atoms with Gasteiger partial charge in [0.05, 0.1) is 24.8 Å². The topological polar surface area (TPSA) is 103 Å².